The van der Waals surface area contributed by atoms with Crippen molar-refractivity contribution in [3.8, 4) is 11.6 Å². The maximum Gasteiger partial charge on any atom is 0.213 e. The molecule has 184 valence electrons. The second-order valence-corrected chi connectivity index (χ2v) is 7.28. The molecule has 1 saturated heterocycles. The Morgan fingerprint density at radius 2 is 1.91 bits per heavy atom. The number of benzene rings is 1. The number of likely N-dealkylation sites (tertiary alicyclic amines) is 1. The topological polar surface area (TPSA) is 58.7 Å². The number of pyridine rings is 1. The number of nitrogens with zero attached hydrogens (tertiary/aromatic N) is 2. The fraction of sp³-hybridized carbons (Fsp3) is 0.500. The third kappa shape index (κ3) is 6.60. The maximum absolute atomic E-state index is 14.4. The van der Waals surface area contributed by atoms with Gasteiger partial charge in [0, 0.05) is 56.3 Å². The summed E-state index contributed by atoms with van der Waals surface area (Å²) in [4.78, 5) is 6.77. The van der Waals surface area contributed by atoms with Gasteiger partial charge >= 0.3 is 0 Å². The van der Waals surface area contributed by atoms with E-state index >= 15 is 0 Å². The first-order valence-corrected chi connectivity index (χ1v) is 12.0. The van der Waals surface area contributed by atoms with Gasteiger partial charge in [0.15, 0.2) is 11.6 Å². The van der Waals surface area contributed by atoms with Crippen LogP contribution in [0.5, 0.6) is 11.6 Å². The van der Waals surface area contributed by atoms with E-state index in [0.29, 0.717) is 12.5 Å². The molecular formula is C26H41FN4O2. The average molecular weight is 461 g/mol. The molecule has 0 radical (unpaired) electrons. The van der Waals surface area contributed by atoms with Gasteiger partial charge in [-0.15, -0.1) is 0 Å². The number of halogens is 1. The van der Waals surface area contributed by atoms with Crippen LogP contribution in [0, 0.1) is 5.82 Å². The zero-order valence-corrected chi connectivity index (χ0v) is 20.9. The normalized spacial score (nSPS) is 16.3. The van der Waals surface area contributed by atoms with E-state index in [9.17, 15) is 4.39 Å². The summed E-state index contributed by atoms with van der Waals surface area (Å²) in [6.07, 6.45) is 6.31. The number of nitrogens with one attached hydrogen (secondary N) is 2. The molecule has 2 aliphatic heterocycles. The molecule has 0 saturated carbocycles. The number of aromatic nitrogens is 1. The summed E-state index contributed by atoms with van der Waals surface area (Å²) >= 11 is 0. The number of anilines is 1. The second kappa shape index (κ2) is 13.7. The van der Waals surface area contributed by atoms with E-state index in [1.807, 2.05) is 53.1 Å². The van der Waals surface area contributed by atoms with Crippen molar-refractivity contribution in [2.75, 3.05) is 45.7 Å². The molecule has 2 N–H and O–H groups in total. The lowest BCUT2D eigenvalue weighted by atomic mass is 9.97. The molecule has 1 aromatic heterocycles. The minimum atomic E-state index is -0.346. The number of rotatable bonds is 7. The van der Waals surface area contributed by atoms with Gasteiger partial charge in [0.1, 0.15) is 6.61 Å². The van der Waals surface area contributed by atoms with E-state index in [1.54, 1.807) is 12.1 Å². The Morgan fingerprint density at radius 3 is 2.52 bits per heavy atom. The summed E-state index contributed by atoms with van der Waals surface area (Å²) in [5.41, 5.74) is 3.84. The number of hydrogen-bond donors (Lipinski definition) is 2. The lowest BCUT2D eigenvalue weighted by Crippen LogP contribution is -2.24. The third-order valence-electron chi connectivity index (χ3n) is 5.37. The highest BCUT2D eigenvalue weighted by molar-refractivity contribution is 5.80. The molecule has 0 spiro atoms. The van der Waals surface area contributed by atoms with E-state index in [1.165, 1.54) is 7.11 Å². The molecule has 1 unspecified atom stereocenters. The van der Waals surface area contributed by atoms with E-state index in [0.717, 1.165) is 55.0 Å². The molecule has 1 atom stereocenters. The Morgan fingerprint density at radius 1 is 1.18 bits per heavy atom. The predicted octanol–water partition coefficient (Wildman–Crippen LogP) is 5.73. The van der Waals surface area contributed by atoms with Gasteiger partial charge in [-0.3, -0.25) is 0 Å². The maximum atomic E-state index is 14.4. The summed E-state index contributed by atoms with van der Waals surface area (Å²) in [7, 11) is 3.37. The van der Waals surface area contributed by atoms with E-state index in [-0.39, 0.29) is 19.0 Å². The molecule has 33 heavy (non-hydrogen) atoms. The van der Waals surface area contributed by atoms with Crippen molar-refractivity contribution in [3.63, 3.8) is 0 Å². The lowest BCUT2D eigenvalue weighted by Gasteiger charge is -2.32. The van der Waals surface area contributed by atoms with Crippen LogP contribution in [-0.2, 0) is 0 Å². The van der Waals surface area contributed by atoms with Gasteiger partial charge in [-0.05, 0) is 43.7 Å². The molecule has 3 heterocycles. The van der Waals surface area contributed by atoms with Crippen molar-refractivity contribution in [3.05, 3.63) is 53.5 Å². The first-order chi connectivity index (χ1) is 16.2. The highest BCUT2D eigenvalue weighted by Crippen LogP contribution is 2.40. The highest BCUT2D eigenvalue weighted by Gasteiger charge is 2.27. The van der Waals surface area contributed by atoms with Crippen molar-refractivity contribution in [2.45, 2.75) is 46.6 Å². The minimum absolute atomic E-state index is 0. The van der Waals surface area contributed by atoms with E-state index in [2.05, 4.69) is 26.6 Å². The lowest BCUT2D eigenvalue weighted by molar-refractivity contribution is 0.306. The Labute approximate surface area is 199 Å². The number of likely N-dealkylation sites (N-methyl/N-ethyl adjacent to an activating group) is 1. The summed E-state index contributed by atoms with van der Waals surface area (Å²) in [5, 5.41) is 6.54. The number of fused-ring (bicyclic) bond motifs is 1. The quantitative estimate of drug-likeness (QED) is 0.515. The van der Waals surface area contributed by atoms with Crippen LogP contribution in [0.3, 0.4) is 0 Å². The van der Waals surface area contributed by atoms with Gasteiger partial charge < -0.3 is 25.0 Å². The van der Waals surface area contributed by atoms with Crippen molar-refractivity contribution < 1.29 is 15.3 Å². The molecule has 4 rings (SSSR count). The fourth-order valence-corrected chi connectivity index (χ4v) is 3.83. The van der Waals surface area contributed by atoms with Crippen LogP contribution in [0.25, 0.3) is 5.70 Å². The van der Waals surface area contributed by atoms with Gasteiger partial charge in [-0.2, -0.15) is 0 Å². The van der Waals surface area contributed by atoms with Crippen LogP contribution in [0.4, 0.5) is 10.1 Å². The van der Waals surface area contributed by atoms with Crippen LogP contribution in [-0.4, -0.2) is 50.3 Å². The van der Waals surface area contributed by atoms with Gasteiger partial charge in [-0.1, -0.05) is 27.7 Å². The Hall–Kier alpha value is -2.80. The third-order valence-corrected chi connectivity index (χ3v) is 5.37. The fourth-order valence-electron chi connectivity index (χ4n) is 3.83. The monoisotopic (exact) mass is 460 g/mol. The predicted molar refractivity (Wildman–Crippen MR) is 137 cm³/mol. The standard InChI is InChI=1S/C22H27FN4O2.2C2H6.H2/c1-24-7-10-29-22-6-5-15(14-25-22)18-12-20(27-8-3-4-9-27)16-11-17(23)21(28-2)13-19(16)26-18;2*1-2;/h5-6,11-14,18,24,26H,3-4,7-10H2,1-2H3;2*1-2H3;1H. The SMILES string of the molecule is CC.CC.CNCCOc1ccc(C2C=C(N3CCCC3)c3cc(F)c(OC)cc3N2)cn1.[HH]. The first kappa shape index (κ1) is 26.5. The van der Waals surface area contributed by atoms with Gasteiger partial charge in [-0.25, -0.2) is 9.37 Å². The Bertz CT molecular complexity index is 887. The van der Waals surface area contributed by atoms with Crippen molar-refractivity contribution in [1.82, 2.24) is 15.2 Å². The molecule has 7 heteroatoms. The Balaban J connectivity index is 0.00000110. The van der Waals surface area contributed by atoms with Crippen molar-refractivity contribution in [1.29, 1.82) is 0 Å². The zero-order chi connectivity index (χ0) is 24.2. The zero-order valence-electron chi connectivity index (χ0n) is 20.9. The van der Waals surface area contributed by atoms with Crippen molar-refractivity contribution >= 4 is 11.4 Å². The number of ether oxygens (including phenoxy) is 2. The van der Waals surface area contributed by atoms with Crippen LogP contribution >= 0.6 is 0 Å². The van der Waals surface area contributed by atoms with E-state index in [4.69, 9.17) is 9.47 Å². The summed E-state index contributed by atoms with van der Waals surface area (Å²) in [6, 6.07) is 7.15. The average Bonchev–Trinajstić information content (AvgIpc) is 3.41. The highest BCUT2D eigenvalue weighted by atomic mass is 19.1. The van der Waals surface area contributed by atoms with Crippen LogP contribution in [0.1, 0.15) is 59.1 Å². The molecule has 0 amide bonds. The van der Waals surface area contributed by atoms with Crippen LogP contribution in [0.15, 0.2) is 36.5 Å². The molecular weight excluding hydrogens is 419 g/mol. The molecule has 1 aromatic carbocycles. The summed E-state index contributed by atoms with van der Waals surface area (Å²) in [6.45, 7) is 11.3. The number of methoxy groups -OCH3 is 1. The van der Waals surface area contributed by atoms with Gasteiger partial charge in [0.2, 0.25) is 5.88 Å². The minimum Gasteiger partial charge on any atom is -0.494 e. The van der Waals surface area contributed by atoms with Crippen molar-refractivity contribution in [2.24, 2.45) is 0 Å². The smallest absolute Gasteiger partial charge is 0.213 e. The summed E-state index contributed by atoms with van der Waals surface area (Å²) in [5.74, 6) is 0.498. The van der Waals surface area contributed by atoms with Gasteiger partial charge in [0.05, 0.1) is 13.2 Å². The number of hydrogen-bond acceptors (Lipinski definition) is 6. The molecule has 0 aliphatic carbocycles. The largest absolute Gasteiger partial charge is 0.494 e. The second-order valence-electron chi connectivity index (χ2n) is 7.28. The molecule has 2 aliphatic rings. The Kier molecular flexibility index (Phi) is 11.0. The molecule has 1 fully saturated rings. The molecule has 6 nitrogen and oxygen atoms in total. The van der Waals surface area contributed by atoms with Gasteiger partial charge in [0.25, 0.3) is 0 Å². The van der Waals surface area contributed by atoms with Crippen LogP contribution in [0.2, 0.25) is 0 Å². The molecule has 2 aromatic rings. The molecule has 0 bridgehead atoms. The summed E-state index contributed by atoms with van der Waals surface area (Å²) < 4.78 is 25.2. The first-order valence-electron chi connectivity index (χ1n) is 12.0. The van der Waals surface area contributed by atoms with E-state index < -0.39 is 0 Å². The van der Waals surface area contributed by atoms with Crippen LogP contribution < -0.4 is 20.1 Å².